The molecule has 0 spiro atoms. The molecule has 1 atom stereocenters. The van der Waals surface area contributed by atoms with Crippen LogP contribution in [-0.2, 0) is 13.2 Å². The molecule has 0 bridgehead atoms. The third-order valence-electron chi connectivity index (χ3n) is 3.56. The van der Waals surface area contributed by atoms with Crippen molar-refractivity contribution < 1.29 is 9.84 Å². The predicted molar refractivity (Wildman–Crippen MR) is 89.8 cm³/mol. The van der Waals surface area contributed by atoms with Gasteiger partial charge in [-0.15, -0.1) is 0 Å². The Bertz CT molecular complexity index is 610. The van der Waals surface area contributed by atoms with Crippen LogP contribution in [0.1, 0.15) is 29.7 Å². The average Bonchev–Trinajstić information content (AvgIpc) is 2.58. The molecule has 2 aromatic rings. The fourth-order valence-electron chi connectivity index (χ4n) is 2.28. The lowest BCUT2D eigenvalue weighted by atomic mass is 10.0. The first-order valence-electron chi connectivity index (χ1n) is 7.49. The molecule has 2 rings (SSSR count). The van der Waals surface area contributed by atoms with Gasteiger partial charge in [0.1, 0.15) is 12.4 Å². The summed E-state index contributed by atoms with van der Waals surface area (Å²) in [6, 6.07) is 16.2. The topological polar surface area (TPSA) is 41.5 Å². The lowest BCUT2D eigenvalue weighted by molar-refractivity contribution is 0.281. The van der Waals surface area contributed by atoms with Crippen molar-refractivity contribution in [3.8, 4) is 5.75 Å². The van der Waals surface area contributed by atoms with Crippen molar-refractivity contribution in [1.29, 1.82) is 0 Å². The zero-order valence-electron chi connectivity index (χ0n) is 13.0. The highest BCUT2D eigenvalue weighted by molar-refractivity contribution is 5.33. The predicted octanol–water partition coefficient (Wildman–Crippen LogP) is 3.59. The van der Waals surface area contributed by atoms with Crippen molar-refractivity contribution in [3.05, 3.63) is 77.9 Å². The maximum absolute atomic E-state index is 9.23. The standard InChI is InChI=1S/C19H23NO2/c1-3-11-22-19-10-5-4-8-18(19)13-20-15(2)17-9-6-7-16(12-17)14-21/h3-10,12,15,20-21H,1,11,13-14H2,2H3. The Labute approximate surface area is 132 Å². The minimum Gasteiger partial charge on any atom is -0.489 e. The Kier molecular flexibility index (Phi) is 6.19. The van der Waals surface area contributed by atoms with Gasteiger partial charge in [-0.3, -0.25) is 0 Å². The van der Waals surface area contributed by atoms with Crippen LogP contribution in [0.4, 0.5) is 0 Å². The molecule has 3 heteroatoms. The van der Waals surface area contributed by atoms with Gasteiger partial charge >= 0.3 is 0 Å². The molecule has 0 fully saturated rings. The molecule has 0 aliphatic heterocycles. The Hall–Kier alpha value is -2.10. The zero-order valence-corrected chi connectivity index (χ0v) is 13.0. The van der Waals surface area contributed by atoms with Crippen molar-refractivity contribution in [3.63, 3.8) is 0 Å². The first-order chi connectivity index (χ1) is 10.7. The number of aliphatic hydroxyl groups is 1. The van der Waals surface area contributed by atoms with Gasteiger partial charge in [0.15, 0.2) is 0 Å². The average molecular weight is 297 g/mol. The van der Waals surface area contributed by atoms with E-state index in [1.165, 1.54) is 0 Å². The molecule has 0 radical (unpaired) electrons. The van der Waals surface area contributed by atoms with Crippen molar-refractivity contribution in [2.75, 3.05) is 6.61 Å². The summed E-state index contributed by atoms with van der Waals surface area (Å²) in [7, 11) is 0. The summed E-state index contributed by atoms with van der Waals surface area (Å²) in [4.78, 5) is 0. The molecule has 0 amide bonds. The quantitative estimate of drug-likeness (QED) is 0.732. The van der Waals surface area contributed by atoms with E-state index in [9.17, 15) is 5.11 Å². The molecule has 2 N–H and O–H groups in total. The highest BCUT2D eigenvalue weighted by Crippen LogP contribution is 2.20. The highest BCUT2D eigenvalue weighted by Gasteiger charge is 2.08. The van der Waals surface area contributed by atoms with Gasteiger partial charge < -0.3 is 15.2 Å². The van der Waals surface area contributed by atoms with E-state index in [-0.39, 0.29) is 12.6 Å². The van der Waals surface area contributed by atoms with Crippen LogP contribution in [0.3, 0.4) is 0 Å². The molecule has 1 unspecified atom stereocenters. The molecule has 22 heavy (non-hydrogen) atoms. The van der Waals surface area contributed by atoms with Crippen molar-refractivity contribution >= 4 is 0 Å². The van der Waals surface area contributed by atoms with Crippen LogP contribution in [0.25, 0.3) is 0 Å². The van der Waals surface area contributed by atoms with E-state index >= 15 is 0 Å². The van der Waals surface area contributed by atoms with Gasteiger partial charge in [0, 0.05) is 18.2 Å². The molecule has 2 aromatic carbocycles. The first kappa shape index (κ1) is 16.3. The number of hydrogen-bond donors (Lipinski definition) is 2. The van der Waals surface area contributed by atoms with Crippen LogP contribution in [-0.4, -0.2) is 11.7 Å². The van der Waals surface area contributed by atoms with Crippen LogP contribution in [0.15, 0.2) is 61.2 Å². The number of para-hydroxylation sites is 1. The molecule has 0 aliphatic carbocycles. The van der Waals surface area contributed by atoms with Gasteiger partial charge in [-0.1, -0.05) is 55.1 Å². The molecule has 3 nitrogen and oxygen atoms in total. The lowest BCUT2D eigenvalue weighted by Crippen LogP contribution is -2.18. The monoisotopic (exact) mass is 297 g/mol. The van der Waals surface area contributed by atoms with E-state index in [2.05, 4.69) is 31.0 Å². The SMILES string of the molecule is C=CCOc1ccccc1CNC(C)c1cccc(CO)c1. The normalized spacial score (nSPS) is 11.9. The number of hydrogen-bond acceptors (Lipinski definition) is 3. The van der Waals surface area contributed by atoms with Gasteiger partial charge in [0.25, 0.3) is 0 Å². The number of rotatable bonds is 8. The molecule has 0 saturated heterocycles. The fourth-order valence-corrected chi connectivity index (χ4v) is 2.28. The summed E-state index contributed by atoms with van der Waals surface area (Å²) in [5.74, 6) is 0.881. The van der Waals surface area contributed by atoms with E-state index in [1.54, 1.807) is 6.08 Å². The molecule has 0 aromatic heterocycles. The second-order valence-corrected chi connectivity index (χ2v) is 5.21. The minimum atomic E-state index is 0.0682. The van der Waals surface area contributed by atoms with Gasteiger partial charge in [-0.2, -0.15) is 0 Å². The van der Waals surface area contributed by atoms with E-state index < -0.39 is 0 Å². The summed E-state index contributed by atoms with van der Waals surface area (Å²) in [5, 5.41) is 12.7. The highest BCUT2D eigenvalue weighted by atomic mass is 16.5. The van der Waals surface area contributed by atoms with Gasteiger partial charge in [0.2, 0.25) is 0 Å². The van der Waals surface area contributed by atoms with Crippen LogP contribution < -0.4 is 10.1 Å². The summed E-state index contributed by atoms with van der Waals surface area (Å²) in [5.41, 5.74) is 3.21. The Balaban J connectivity index is 2.01. The summed E-state index contributed by atoms with van der Waals surface area (Å²) >= 11 is 0. The number of aliphatic hydroxyl groups excluding tert-OH is 1. The third-order valence-corrected chi connectivity index (χ3v) is 3.56. The number of ether oxygens (including phenoxy) is 1. The molecule has 0 saturated carbocycles. The Morgan fingerprint density at radius 3 is 2.82 bits per heavy atom. The van der Waals surface area contributed by atoms with Gasteiger partial charge in [-0.05, 0) is 24.1 Å². The van der Waals surface area contributed by atoms with E-state index in [4.69, 9.17) is 4.74 Å². The second-order valence-electron chi connectivity index (χ2n) is 5.21. The van der Waals surface area contributed by atoms with Gasteiger partial charge in [0.05, 0.1) is 6.61 Å². The fraction of sp³-hybridized carbons (Fsp3) is 0.263. The van der Waals surface area contributed by atoms with Crippen LogP contribution >= 0.6 is 0 Å². The van der Waals surface area contributed by atoms with Crippen molar-refractivity contribution in [2.24, 2.45) is 0 Å². The summed E-state index contributed by atoms with van der Waals surface area (Å²) in [6.07, 6.45) is 1.74. The van der Waals surface area contributed by atoms with Crippen LogP contribution in [0.2, 0.25) is 0 Å². The molecule has 116 valence electrons. The molecule has 0 aliphatic rings. The minimum absolute atomic E-state index is 0.0682. The van der Waals surface area contributed by atoms with Gasteiger partial charge in [-0.25, -0.2) is 0 Å². The lowest BCUT2D eigenvalue weighted by Gasteiger charge is -2.17. The largest absolute Gasteiger partial charge is 0.489 e. The zero-order chi connectivity index (χ0) is 15.8. The first-order valence-corrected chi connectivity index (χ1v) is 7.49. The number of nitrogens with one attached hydrogen (secondary N) is 1. The van der Waals surface area contributed by atoms with E-state index in [0.717, 1.165) is 29.0 Å². The smallest absolute Gasteiger partial charge is 0.124 e. The van der Waals surface area contributed by atoms with Crippen LogP contribution in [0.5, 0.6) is 5.75 Å². The van der Waals surface area contributed by atoms with E-state index in [0.29, 0.717) is 6.61 Å². The van der Waals surface area contributed by atoms with Crippen molar-refractivity contribution in [1.82, 2.24) is 5.32 Å². The molecular formula is C19H23NO2. The molecule has 0 heterocycles. The maximum Gasteiger partial charge on any atom is 0.124 e. The summed E-state index contributed by atoms with van der Waals surface area (Å²) < 4.78 is 5.67. The maximum atomic E-state index is 9.23. The number of benzene rings is 2. The second kappa shape index (κ2) is 8.37. The van der Waals surface area contributed by atoms with E-state index in [1.807, 2.05) is 36.4 Å². The van der Waals surface area contributed by atoms with Crippen molar-refractivity contribution in [2.45, 2.75) is 26.1 Å². The molecular weight excluding hydrogens is 274 g/mol. The third kappa shape index (κ3) is 4.45. The Morgan fingerprint density at radius 2 is 2.05 bits per heavy atom. The van der Waals surface area contributed by atoms with Crippen LogP contribution in [0, 0.1) is 0 Å². The summed E-state index contributed by atoms with van der Waals surface area (Å²) in [6.45, 7) is 7.08. The Morgan fingerprint density at radius 1 is 1.23 bits per heavy atom.